The number of hydrogen-bond donors (Lipinski definition) is 3. The first-order valence-corrected chi connectivity index (χ1v) is 7.27. The van der Waals surface area contributed by atoms with E-state index in [-0.39, 0.29) is 5.91 Å². The summed E-state index contributed by atoms with van der Waals surface area (Å²) in [4.78, 5) is 25.2. The molecule has 1 aromatic rings. The van der Waals surface area contributed by atoms with Crippen LogP contribution < -0.4 is 16.4 Å². The second-order valence-corrected chi connectivity index (χ2v) is 5.79. The van der Waals surface area contributed by atoms with Crippen molar-refractivity contribution in [2.24, 2.45) is 11.7 Å². The minimum atomic E-state index is -0.469. The van der Waals surface area contributed by atoms with Gasteiger partial charge in [0.25, 0.3) is 0 Å². The number of hydrogen-bond acceptors (Lipinski definition) is 4. The molecule has 1 aromatic carbocycles. The van der Waals surface area contributed by atoms with Crippen molar-refractivity contribution >= 4 is 17.5 Å². The van der Waals surface area contributed by atoms with E-state index >= 15 is 0 Å². The van der Waals surface area contributed by atoms with E-state index in [0.29, 0.717) is 29.8 Å². The molecule has 2 heterocycles. The smallest absolute Gasteiger partial charge is 0.248 e. The molecule has 0 spiro atoms. The highest BCUT2D eigenvalue weighted by Crippen LogP contribution is 2.24. The summed E-state index contributed by atoms with van der Waals surface area (Å²) in [6.07, 6.45) is 1.21. The van der Waals surface area contributed by atoms with E-state index in [2.05, 4.69) is 15.5 Å². The molecule has 4 N–H and O–H groups in total. The summed E-state index contributed by atoms with van der Waals surface area (Å²) in [5.74, 6) is 0.193. The Morgan fingerprint density at radius 3 is 2.71 bits per heavy atom. The van der Waals surface area contributed by atoms with Gasteiger partial charge in [0.1, 0.15) is 0 Å². The lowest BCUT2D eigenvalue weighted by Gasteiger charge is -2.16. The molecule has 2 amide bonds. The van der Waals surface area contributed by atoms with Gasteiger partial charge in [-0.1, -0.05) is 0 Å². The van der Waals surface area contributed by atoms with Crippen molar-refractivity contribution < 1.29 is 9.59 Å². The summed E-state index contributed by atoms with van der Waals surface area (Å²) >= 11 is 0. The number of likely N-dealkylation sites (tertiary alicyclic amines) is 1. The van der Waals surface area contributed by atoms with E-state index in [1.54, 1.807) is 24.3 Å². The number of fused-ring (bicyclic) bond motifs is 1. The zero-order valence-corrected chi connectivity index (χ0v) is 11.8. The van der Waals surface area contributed by atoms with Crippen molar-refractivity contribution in [3.05, 3.63) is 29.8 Å². The summed E-state index contributed by atoms with van der Waals surface area (Å²) in [6, 6.07) is 7.16. The van der Waals surface area contributed by atoms with Crippen LogP contribution in [0.2, 0.25) is 0 Å². The fraction of sp³-hybridized carbons (Fsp3) is 0.467. The Bertz CT molecular complexity index is 531. The van der Waals surface area contributed by atoms with Crippen LogP contribution in [0, 0.1) is 5.92 Å². The van der Waals surface area contributed by atoms with Gasteiger partial charge in [-0.05, 0) is 43.1 Å². The SMILES string of the molecule is NC(=O)c1ccc(NC(=O)CN2C[C@@H]3CCN[C@@H]3C2)cc1. The molecule has 6 heteroatoms. The number of carbonyl (C=O) groups excluding carboxylic acids is 2. The molecular weight excluding hydrogens is 268 g/mol. The van der Waals surface area contributed by atoms with Crippen LogP contribution in [0.25, 0.3) is 0 Å². The molecule has 2 aliphatic heterocycles. The number of nitrogens with one attached hydrogen (secondary N) is 2. The van der Waals surface area contributed by atoms with Gasteiger partial charge in [0.15, 0.2) is 0 Å². The number of nitrogens with two attached hydrogens (primary N) is 1. The van der Waals surface area contributed by atoms with Crippen molar-refractivity contribution in [3.63, 3.8) is 0 Å². The summed E-state index contributed by atoms with van der Waals surface area (Å²) < 4.78 is 0. The minimum Gasteiger partial charge on any atom is -0.366 e. The largest absolute Gasteiger partial charge is 0.366 e. The summed E-state index contributed by atoms with van der Waals surface area (Å²) in [6.45, 7) is 3.44. The predicted molar refractivity (Wildman–Crippen MR) is 79.9 cm³/mol. The molecule has 0 bridgehead atoms. The van der Waals surface area contributed by atoms with Crippen LogP contribution in [0.1, 0.15) is 16.8 Å². The number of carbonyl (C=O) groups is 2. The van der Waals surface area contributed by atoms with Gasteiger partial charge in [0.2, 0.25) is 11.8 Å². The van der Waals surface area contributed by atoms with E-state index in [0.717, 1.165) is 19.6 Å². The van der Waals surface area contributed by atoms with Gasteiger partial charge in [-0.3, -0.25) is 14.5 Å². The molecule has 0 aliphatic carbocycles. The van der Waals surface area contributed by atoms with Crippen LogP contribution in [-0.4, -0.2) is 48.9 Å². The van der Waals surface area contributed by atoms with E-state index in [1.165, 1.54) is 6.42 Å². The number of rotatable bonds is 4. The Morgan fingerprint density at radius 1 is 1.29 bits per heavy atom. The number of benzene rings is 1. The predicted octanol–water partition coefficient (Wildman–Crippen LogP) is 0.0177. The minimum absolute atomic E-state index is 0.0261. The third-order valence-corrected chi connectivity index (χ3v) is 4.26. The molecule has 0 radical (unpaired) electrons. The second kappa shape index (κ2) is 5.83. The molecule has 0 unspecified atom stereocenters. The van der Waals surface area contributed by atoms with E-state index in [1.807, 2.05) is 0 Å². The van der Waals surface area contributed by atoms with Gasteiger partial charge >= 0.3 is 0 Å². The lowest BCUT2D eigenvalue weighted by atomic mass is 10.1. The Morgan fingerprint density at radius 2 is 2.05 bits per heavy atom. The molecule has 112 valence electrons. The van der Waals surface area contributed by atoms with E-state index < -0.39 is 5.91 Å². The van der Waals surface area contributed by atoms with Crippen LogP contribution in [-0.2, 0) is 4.79 Å². The first-order chi connectivity index (χ1) is 10.1. The first kappa shape index (κ1) is 14.0. The van der Waals surface area contributed by atoms with Crippen molar-refractivity contribution in [1.29, 1.82) is 0 Å². The highest BCUT2D eigenvalue weighted by molar-refractivity contribution is 5.95. The van der Waals surface area contributed by atoms with Crippen LogP contribution in [0.15, 0.2) is 24.3 Å². The normalized spacial score (nSPS) is 24.8. The molecule has 2 saturated heterocycles. The zero-order valence-electron chi connectivity index (χ0n) is 11.8. The molecule has 21 heavy (non-hydrogen) atoms. The quantitative estimate of drug-likeness (QED) is 0.729. The lowest BCUT2D eigenvalue weighted by Crippen LogP contribution is -2.35. The zero-order chi connectivity index (χ0) is 14.8. The maximum absolute atomic E-state index is 12.0. The van der Waals surface area contributed by atoms with E-state index in [4.69, 9.17) is 5.73 Å². The average molecular weight is 288 g/mol. The maximum Gasteiger partial charge on any atom is 0.248 e. The van der Waals surface area contributed by atoms with Gasteiger partial charge in [0.05, 0.1) is 6.54 Å². The number of anilines is 1. The van der Waals surface area contributed by atoms with Crippen molar-refractivity contribution in [2.75, 3.05) is 31.5 Å². The standard InChI is InChI=1S/C15H20N4O2/c16-15(21)10-1-3-12(4-2-10)18-14(20)9-19-7-11-5-6-17-13(11)8-19/h1-4,11,13,17H,5-9H2,(H2,16,21)(H,18,20)/t11-,13+/m0/s1. The Hall–Kier alpha value is -1.92. The molecule has 6 nitrogen and oxygen atoms in total. The second-order valence-electron chi connectivity index (χ2n) is 5.79. The van der Waals surface area contributed by atoms with Gasteiger partial charge in [-0.15, -0.1) is 0 Å². The van der Waals surface area contributed by atoms with Gasteiger partial charge in [-0.25, -0.2) is 0 Å². The Labute approximate surface area is 123 Å². The lowest BCUT2D eigenvalue weighted by molar-refractivity contribution is -0.117. The summed E-state index contributed by atoms with van der Waals surface area (Å²) in [7, 11) is 0. The first-order valence-electron chi connectivity index (χ1n) is 7.27. The monoisotopic (exact) mass is 288 g/mol. The molecule has 3 rings (SSSR count). The number of nitrogens with zero attached hydrogens (tertiary/aromatic N) is 1. The molecule has 2 aliphatic rings. The molecule has 2 atom stereocenters. The van der Waals surface area contributed by atoms with Crippen molar-refractivity contribution in [2.45, 2.75) is 12.5 Å². The Balaban J connectivity index is 1.51. The number of primary amides is 1. The third-order valence-electron chi connectivity index (χ3n) is 4.26. The molecule has 2 fully saturated rings. The van der Waals surface area contributed by atoms with Crippen LogP contribution in [0.5, 0.6) is 0 Å². The fourth-order valence-corrected chi connectivity index (χ4v) is 3.19. The van der Waals surface area contributed by atoms with Gasteiger partial charge in [0, 0.05) is 30.4 Å². The van der Waals surface area contributed by atoms with Crippen LogP contribution in [0.4, 0.5) is 5.69 Å². The maximum atomic E-state index is 12.0. The average Bonchev–Trinajstić information content (AvgIpc) is 3.00. The highest BCUT2D eigenvalue weighted by Gasteiger charge is 2.36. The van der Waals surface area contributed by atoms with Gasteiger partial charge in [-0.2, -0.15) is 0 Å². The molecule has 0 aromatic heterocycles. The molecule has 0 saturated carbocycles. The number of amides is 2. The van der Waals surface area contributed by atoms with E-state index in [9.17, 15) is 9.59 Å². The van der Waals surface area contributed by atoms with Crippen molar-refractivity contribution in [3.8, 4) is 0 Å². The van der Waals surface area contributed by atoms with Crippen LogP contribution in [0.3, 0.4) is 0 Å². The fourth-order valence-electron chi connectivity index (χ4n) is 3.19. The third kappa shape index (κ3) is 3.22. The van der Waals surface area contributed by atoms with Crippen LogP contribution >= 0.6 is 0 Å². The summed E-state index contributed by atoms with van der Waals surface area (Å²) in [5, 5.41) is 6.32. The summed E-state index contributed by atoms with van der Waals surface area (Å²) in [5.41, 5.74) is 6.30. The van der Waals surface area contributed by atoms with Crippen molar-refractivity contribution in [1.82, 2.24) is 10.2 Å². The van der Waals surface area contributed by atoms with Gasteiger partial charge < -0.3 is 16.4 Å². The highest BCUT2D eigenvalue weighted by atomic mass is 16.2. The molecular formula is C15H20N4O2. The topological polar surface area (TPSA) is 87.5 Å². The Kier molecular flexibility index (Phi) is 3.90.